The fraction of sp³-hybridized carbons (Fsp3) is 0.579. The zero-order valence-electron chi connectivity index (χ0n) is 17.3. The summed E-state index contributed by atoms with van der Waals surface area (Å²) in [5.41, 5.74) is -3.41. The number of hydrogen-bond acceptors (Lipinski definition) is 8. The second kappa shape index (κ2) is 9.37. The lowest BCUT2D eigenvalue weighted by Crippen LogP contribution is -2.58. The van der Waals surface area contributed by atoms with Crippen LogP contribution in [0, 0.1) is 10.1 Å². The van der Waals surface area contributed by atoms with E-state index in [1.807, 2.05) is 0 Å². The standard InChI is InChI=1S/C19H28N4O7/c1-18(2,14-12-13(16(24)25)4-5-15(14)23(28)29)19(3,27)21-7-6-20-17(26)22-8-10-30-11-9-22/h4-5,12,21,27H,6-11H2,1-3H3,(H,20,26)(H,24,25)/p-1. The first kappa shape index (κ1) is 23.5. The van der Waals surface area contributed by atoms with E-state index in [1.165, 1.54) is 6.92 Å². The summed E-state index contributed by atoms with van der Waals surface area (Å²) in [6.45, 7) is 6.93. The summed E-state index contributed by atoms with van der Waals surface area (Å²) in [6, 6.07) is 3.08. The van der Waals surface area contributed by atoms with Gasteiger partial charge in [0, 0.05) is 43.2 Å². The van der Waals surface area contributed by atoms with Gasteiger partial charge in [-0.1, -0.05) is 13.8 Å². The maximum atomic E-state index is 12.1. The van der Waals surface area contributed by atoms with Crippen molar-refractivity contribution in [3.05, 3.63) is 39.4 Å². The molecule has 0 saturated carbocycles. The van der Waals surface area contributed by atoms with Gasteiger partial charge in [0.25, 0.3) is 5.69 Å². The number of nitrogens with one attached hydrogen (secondary N) is 2. The van der Waals surface area contributed by atoms with Crippen molar-refractivity contribution in [1.82, 2.24) is 15.5 Å². The van der Waals surface area contributed by atoms with Crippen LogP contribution in [0.15, 0.2) is 18.2 Å². The third-order valence-corrected chi connectivity index (χ3v) is 5.49. The number of urea groups is 1. The van der Waals surface area contributed by atoms with Crippen LogP contribution in [-0.2, 0) is 10.2 Å². The molecule has 1 fully saturated rings. The number of nitro benzene ring substituents is 1. The second-order valence-electron chi connectivity index (χ2n) is 7.73. The fourth-order valence-electron chi connectivity index (χ4n) is 3.16. The number of aliphatic hydroxyl groups is 1. The Morgan fingerprint density at radius 1 is 1.23 bits per heavy atom. The molecular weight excluding hydrogens is 396 g/mol. The molecule has 0 aliphatic carbocycles. The highest BCUT2D eigenvalue weighted by Gasteiger charge is 2.44. The summed E-state index contributed by atoms with van der Waals surface area (Å²) >= 11 is 0. The summed E-state index contributed by atoms with van der Waals surface area (Å²) in [5.74, 6) is -1.47. The number of rotatable bonds is 8. The number of morpholine rings is 1. The van der Waals surface area contributed by atoms with Crippen molar-refractivity contribution in [3.8, 4) is 0 Å². The lowest BCUT2D eigenvalue weighted by atomic mass is 9.74. The van der Waals surface area contributed by atoms with Crippen LogP contribution in [0.5, 0.6) is 0 Å². The van der Waals surface area contributed by atoms with E-state index in [-0.39, 0.29) is 35.9 Å². The molecule has 1 atom stereocenters. The number of amides is 2. The van der Waals surface area contributed by atoms with Gasteiger partial charge in [-0.2, -0.15) is 0 Å². The van der Waals surface area contributed by atoms with E-state index in [1.54, 1.807) is 18.7 Å². The van der Waals surface area contributed by atoms with E-state index in [4.69, 9.17) is 4.74 Å². The molecule has 1 aliphatic heterocycles. The van der Waals surface area contributed by atoms with Gasteiger partial charge in [0.15, 0.2) is 0 Å². The average molecular weight is 423 g/mol. The van der Waals surface area contributed by atoms with E-state index in [0.717, 1.165) is 18.2 Å². The molecule has 1 heterocycles. The highest BCUT2D eigenvalue weighted by Crippen LogP contribution is 2.39. The summed E-state index contributed by atoms with van der Waals surface area (Å²) in [7, 11) is 0. The van der Waals surface area contributed by atoms with Crippen LogP contribution in [0.4, 0.5) is 10.5 Å². The Balaban J connectivity index is 2.08. The monoisotopic (exact) mass is 423 g/mol. The molecular formula is C19H27N4O7-. The number of nitro groups is 1. The number of carboxylic acids is 1. The molecule has 0 radical (unpaired) electrons. The van der Waals surface area contributed by atoms with E-state index in [0.29, 0.717) is 26.3 Å². The first-order chi connectivity index (χ1) is 14.0. The molecule has 166 valence electrons. The number of aromatic carboxylic acids is 1. The van der Waals surface area contributed by atoms with E-state index < -0.39 is 22.0 Å². The molecule has 2 rings (SSSR count). The van der Waals surface area contributed by atoms with E-state index in [9.17, 15) is 29.9 Å². The number of nitrogens with zero attached hydrogens (tertiary/aromatic N) is 2. The minimum Gasteiger partial charge on any atom is -0.545 e. The normalized spacial score (nSPS) is 16.6. The molecule has 1 aromatic rings. The van der Waals surface area contributed by atoms with E-state index >= 15 is 0 Å². The highest BCUT2D eigenvalue weighted by atomic mass is 16.6. The van der Waals surface area contributed by atoms with Crippen LogP contribution in [0.1, 0.15) is 36.7 Å². The average Bonchev–Trinajstić information content (AvgIpc) is 2.70. The molecule has 11 heteroatoms. The number of hydrogen-bond donors (Lipinski definition) is 3. The second-order valence-corrected chi connectivity index (χ2v) is 7.73. The van der Waals surface area contributed by atoms with Gasteiger partial charge in [-0.25, -0.2) is 4.79 Å². The Morgan fingerprint density at radius 2 is 1.87 bits per heavy atom. The Labute approximate surface area is 174 Å². The van der Waals surface area contributed by atoms with Crippen molar-refractivity contribution in [3.63, 3.8) is 0 Å². The van der Waals surface area contributed by atoms with Gasteiger partial charge in [-0.3, -0.25) is 15.4 Å². The minimum absolute atomic E-state index is 0.0454. The number of carbonyl (C=O) groups excluding carboxylic acids is 2. The maximum Gasteiger partial charge on any atom is 0.317 e. The van der Waals surface area contributed by atoms with Crippen molar-refractivity contribution in [2.24, 2.45) is 0 Å². The third kappa shape index (κ3) is 5.23. The van der Waals surface area contributed by atoms with Crippen molar-refractivity contribution in [2.45, 2.75) is 31.9 Å². The quantitative estimate of drug-likeness (QED) is 0.220. The molecule has 0 aromatic heterocycles. The molecule has 30 heavy (non-hydrogen) atoms. The van der Waals surface area contributed by atoms with E-state index in [2.05, 4.69) is 10.6 Å². The van der Waals surface area contributed by atoms with Gasteiger partial charge >= 0.3 is 6.03 Å². The zero-order chi connectivity index (χ0) is 22.5. The minimum atomic E-state index is -1.66. The van der Waals surface area contributed by atoms with Gasteiger partial charge in [0.1, 0.15) is 5.72 Å². The van der Waals surface area contributed by atoms with Gasteiger partial charge < -0.3 is 30.0 Å². The molecule has 0 spiro atoms. The highest BCUT2D eigenvalue weighted by molar-refractivity contribution is 5.86. The topological polar surface area (TPSA) is 157 Å². The van der Waals surface area contributed by atoms with Crippen LogP contribution in [0.3, 0.4) is 0 Å². The molecule has 1 unspecified atom stereocenters. The Hall–Kier alpha value is -2.76. The molecule has 1 aromatic carbocycles. The van der Waals surface area contributed by atoms with Crippen LogP contribution in [-0.4, -0.2) is 72.0 Å². The van der Waals surface area contributed by atoms with Crippen LogP contribution < -0.4 is 15.7 Å². The van der Waals surface area contributed by atoms with Crippen LogP contribution >= 0.6 is 0 Å². The molecule has 11 nitrogen and oxygen atoms in total. The molecule has 3 N–H and O–H groups in total. The SMILES string of the molecule is CC(O)(NCCNC(=O)N1CCOCC1)C(C)(C)c1cc(C(=O)[O-])ccc1[N+](=O)[O-]. The Kier molecular flexibility index (Phi) is 7.34. The van der Waals surface area contributed by atoms with Gasteiger partial charge in [0.2, 0.25) is 0 Å². The first-order valence-corrected chi connectivity index (χ1v) is 9.55. The number of benzene rings is 1. The molecule has 0 bridgehead atoms. The Morgan fingerprint density at radius 3 is 2.43 bits per heavy atom. The maximum absolute atomic E-state index is 12.1. The first-order valence-electron chi connectivity index (χ1n) is 9.55. The predicted octanol–water partition coefficient (Wildman–Crippen LogP) is -0.424. The zero-order valence-corrected chi connectivity index (χ0v) is 17.3. The summed E-state index contributed by atoms with van der Waals surface area (Å²) in [5, 5.41) is 39.3. The largest absolute Gasteiger partial charge is 0.545 e. The summed E-state index contributed by atoms with van der Waals surface area (Å²) in [6.07, 6.45) is 0. The number of ether oxygens (including phenoxy) is 1. The van der Waals surface area contributed by atoms with Crippen molar-refractivity contribution in [1.29, 1.82) is 0 Å². The molecule has 1 saturated heterocycles. The molecule has 1 aliphatic rings. The Bertz CT molecular complexity index is 804. The van der Waals surface area contributed by atoms with Crippen molar-refractivity contribution < 1.29 is 29.5 Å². The van der Waals surface area contributed by atoms with Crippen LogP contribution in [0.2, 0.25) is 0 Å². The third-order valence-electron chi connectivity index (χ3n) is 5.49. The van der Waals surface area contributed by atoms with Gasteiger partial charge in [-0.15, -0.1) is 0 Å². The fourth-order valence-corrected chi connectivity index (χ4v) is 3.16. The lowest BCUT2D eigenvalue weighted by molar-refractivity contribution is -0.386. The number of carbonyl (C=O) groups is 2. The van der Waals surface area contributed by atoms with Gasteiger partial charge in [-0.05, 0) is 24.6 Å². The predicted molar refractivity (Wildman–Crippen MR) is 105 cm³/mol. The smallest absolute Gasteiger partial charge is 0.317 e. The molecule has 2 amide bonds. The van der Waals surface area contributed by atoms with Crippen molar-refractivity contribution >= 4 is 17.7 Å². The summed E-state index contributed by atoms with van der Waals surface area (Å²) < 4.78 is 5.19. The van der Waals surface area contributed by atoms with Crippen LogP contribution in [0.25, 0.3) is 0 Å². The summed E-state index contributed by atoms with van der Waals surface area (Å²) in [4.78, 5) is 35.7. The van der Waals surface area contributed by atoms with Crippen molar-refractivity contribution in [2.75, 3.05) is 39.4 Å². The number of carboxylic acid groups (broad SMARTS) is 1. The van der Waals surface area contributed by atoms with Gasteiger partial charge in [0.05, 0.1) is 24.1 Å². The lowest BCUT2D eigenvalue weighted by Gasteiger charge is -2.41.